The maximum atomic E-state index is 2.48. The molecule has 1 aromatic carbocycles. The Hall–Kier alpha value is -0.510. The predicted octanol–water partition coefficient (Wildman–Crippen LogP) is 3.90. The van der Waals surface area contributed by atoms with Gasteiger partial charge in [0.25, 0.3) is 0 Å². The maximum absolute atomic E-state index is 2.48. The number of unbranched alkanes of at least 4 members (excludes halogenated alkanes) is 4. The number of benzene rings is 1. The molecular formula is C16H20Te. The van der Waals surface area contributed by atoms with E-state index in [1.165, 1.54) is 37.7 Å². The van der Waals surface area contributed by atoms with Crippen molar-refractivity contribution < 1.29 is 0 Å². The van der Waals surface area contributed by atoms with Crippen LogP contribution in [0.5, 0.6) is 0 Å². The van der Waals surface area contributed by atoms with E-state index < -0.39 is 0 Å². The number of hydrogen-bond acceptors (Lipinski definition) is 0. The van der Waals surface area contributed by atoms with Gasteiger partial charge in [0.2, 0.25) is 0 Å². The second-order valence-corrected chi connectivity index (χ2v) is 7.61. The van der Waals surface area contributed by atoms with Crippen molar-refractivity contribution in [2.45, 2.75) is 39.0 Å². The summed E-state index contributed by atoms with van der Waals surface area (Å²) in [6, 6.07) is 8.83. The van der Waals surface area contributed by atoms with Crippen molar-refractivity contribution in [2.75, 3.05) is 0 Å². The van der Waals surface area contributed by atoms with Gasteiger partial charge in [-0.1, -0.05) is 0 Å². The molecule has 17 heavy (non-hydrogen) atoms. The molecule has 0 N–H and O–H groups in total. The average molecular weight is 340 g/mol. The zero-order valence-corrected chi connectivity index (χ0v) is 12.8. The second kappa shape index (κ2) is 7.04. The van der Waals surface area contributed by atoms with E-state index in [9.17, 15) is 0 Å². The van der Waals surface area contributed by atoms with Gasteiger partial charge in [-0.3, -0.25) is 0 Å². The molecule has 0 bridgehead atoms. The molecular weight excluding hydrogens is 320 g/mol. The molecule has 0 amide bonds. The SMILES string of the molecule is CCCCCC/C=C1/C=Cc2ccccc2[Te]1. The Kier molecular flexibility index (Phi) is 5.36. The zero-order chi connectivity index (χ0) is 11.9. The minimum atomic E-state index is -0.111. The Morgan fingerprint density at radius 1 is 1.06 bits per heavy atom. The third-order valence-electron chi connectivity index (χ3n) is 2.98. The summed E-state index contributed by atoms with van der Waals surface area (Å²) in [6.45, 7) is 2.27. The molecule has 0 radical (unpaired) electrons. The van der Waals surface area contributed by atoms with Crippen LogP contribution in [0, 0.1) is 0 Å². The van der Waals surface area contributed by atoms with Crippen LogP contribution in [0.1, 0.15) is 44.6 Å². The van der Waals surface area contributed by atoms with E-state index >= 15 is 0 Å². The number of allylic oxidation sites excluding steroid dienone is 3. The Morgan fingerprint density at radius 3 is 2.82 bits per heavy atom. The Morgan fingerprint density at radius 2 is 1.94 bits per heavy atom. The van der Waals surface area contributed by atoms with Crippen LogP contribution in [0.3, 0.4) is 0 Å². The molecule has 0 nitrogen and oxygen atoms in total. The third kappa shape index (κ3) is 4.02. The molecule has 0 spiro atoms. The summed E-state index contributed by atoms with van der Waals surface area (Å²) in [5.41, 5.74) is 1.44. The molecule has 1 aliphatic rings. The molecule has 0 saturated carbocycles. The summed E-state index contributed by atoms with van der Waals surface area (Å²) < 4.78 is 3.21. The van der Waals surface area contributed by atoms with E-state index in [1.807, 2.05) is 0 Å². The normalized spacial score (nSPS) is 16.2. The minimum absolute atomic E-state index is 0.111. The molecule has 0 unspecified atom stereocenters. The Bertz CT molecular complexity index is 415. The van der Waals surface area contributed by atoms with Gasteiger partial charge in [-0.05, 0) is 0 Å². The number of fused-ring (bicyclic) bond motifs is 1. The first-order valence-electron chi connectivity index (χ1n) is 6.55. The van der Waals surface area contributed by atoms with Crippen molar-refractivity contribution >= 4 is 30.6 Å². The van der Waals surface area contributed by atoms with Crippen molar-refractivity contribution in [1.82, 2.24) is 0 Å². The summed E-state index contributed by atoms with van der Waals surface area (Å²) in [7, 11) is 0. The molecule has 0 saturated heterocycles. The quantitative estimate of drug-likeness (QED) is 0.564. The molecule has 0 fully saturated rings. The van der Waals surface area contributed by atoms with Gasteiger partial charge in [-0.2, -0.15) is 0 Å². The fourth-order valence-corrected chi connectivity index (χ4v) is 4.80. The van der Waals surface area contributed by atoms with Crippen LogP contribution < -0.4 is 3.61 Å². The van der Waals surface area contributed by atoms with Crippen LogP contribution in [-0.4, -0.2) is 20.9 Å². The summed E-state index contributed by atoms with van der Waals surface area (Å²) in [5, 5.41) is 0. The van der Waals surface area contributed by atoms with Gasteiger partial charge in [0.15, 0.2) is 0 Å². The Labute approximate surface area is 115 Å². The molecule has 1 heterocycles. The van der Waals surface area contributed by atoms with Crippen LogP contribution in [0.15, 0.2) is 40.0 Å². The summed E-state index contributed by atoms with van der Waals surface area (Å²) in [5.74, 6) is 0. The molecule has 1 heteroatoms. The summed E-state index contributed by atoms with van der Waals surface area (Å²) in [4.78, 5) is 0. The van der Waals surface area contributed by atoms with Crippen LogP contribution >= 0.6 is 0 Å². The fraction of sp³-hybridized carbons (Fsp3) is 0.375. The monoisotopic (exact) mass is 342 g/mol. The van der Waals surface area contributed by atoms with Crippen molar-refractivity contribution in [2.24, 2.45) is 0 Å². The van der Waals surface area contributed by atoms with Crippen LogP contribution in [0.4, 0.5) is 0 Å². The first-order valence-corrected chi connectivity index (χ1v) is 8.88. The number of hydrogen-bond donors (Lipinski definition) is 0. The van der Waals surface area contributed by atoms with E-state index in [-0.39, 0.29) is 20.9 Å². The number of rotatable bonds is 5. The van der Waals surface area contributed by atoms with Crippen LogP contribution in [0.2, 0.25) is 0 Å². The Balaban J connectivity index is 1.87. The molecule has 2 rings (SSSR count). The average Bonchev–Trinajstić information content (AvgIpc) is 2.38. The molecule has 0 atom stereocenters. The van der Waals surface area contributed by atoms with Crippen molar-refractivity contribution in [3.05, 3.63) is 45.6 Å². The molecule has 1 aromatic rings. The van der Waals surface area contributed by atoms with Crippen molar-refractivity contribution in [3.8, 4) is 0 Å². The van der Waals surface area contributed by atoms with E-state index in [1.54, 1.807) is 7.23 Å². The summed E-state index contributed by atoms with van der Waals surface area (Å²) >= 11 is -0.111. The van der Waals surface area contributed by atoms with Gasteiger partial charge in [0, 0.05) is 0 Å². The first-order chi connectivity index (χ1) is 8.40. The fourth-order valence-electron chi connectivity index (χ4n) is 1.97. The van der Waals surface area contributed by atoms with Gasteiger partial charge >= 0.3 is 115 Å². The third-order valence-corrected chi connectivity index (χ3v) is 6.20. The summed E-state index contributed by atoms with van der Waals surface area (Å²) in [6.07, 6.45) is 13.8. The zero-order valence-electron chi connectivity index (χ0n) is 10.5. The van der Waals surface area contributed by atoms with Crippen LogP contribution in [-0.2, 0) is 0 Å². The van der Waals surface area contributed by atoms with E-state index in [0.717, 1.165) is 0 Å². The molecule has 0 aliphatic carbocycles. The van der Waals surface area contributed by atoms with Gasteiger partial charge in [0.1, 0.15) is 0 Å². The van der Waals surface area contributed by atoms with Crippen molar-refractivity contribution in [1.29, 1.82) is 0 Å². The van der Waals surface area contributed by atoms with E-state index in [0.29, 0.717) is 0 Å². The second-order valence-electron chi connectivity index (χ2n) is 4.43. The van der Waals surface area contributed by atoms with Gasteiger partial charge in [-0.15, -0.1) is 0 Å². The molecule has 0 aromatic heterocycles. The predicted molar refractivity (Wildman–Crippen MR) is 77.7 cm³/mol. The van der Waals surface area contributed by atoms with Crippen LogP contribution in [0.25, 0.3) is 6.08 Å². The standard InChI is InChI=1S/C16H20Te/c1-2-3-4-5-6-10-15-13-12-14-9-7-8-11-16(14)17-15/h7-13H,2-6H2,1H3/b15-10-. The molecule has 1 aliphatic heterocycles. The van der Waals surface area contributed by atoms with Crippen molar-refractivity contribution in [3.63, 3.8) is 0 Å². The van der Waals surface area contributed by atoms with E-state index in [2.05, 4.69) is 49.4 Å². The molecule has 90 valence electrons. The van der Waals surface area contributed by atoms with Gasteiger partial charge in [-0.25, -0.2) is 0 Å². The topological polar surface area (TPSA) is 0 Å². The first kappa shape index (κ1) is 12.9. The van der Waals surface area contributed by atoms with Gasteiger partial charge < -0.3 is 0 Å². The van der Waals surface area contributed by atoms with Gasteiger partial charge in [0.05, 0.1) is 0 Å². The van der Waals surface area contributed by atoms with E-state index in [4.69, 9.17) is 0 Å².